The first-order valence-electron chi connectivity index (χ1n) is 11.6. The van der Waals surface area contributed by atoms with Crippen molar-refractivity contribution in [2.24, 2.45) is 0 Å². The minimum atomic E-state index is -3.90. The second-order valence-corrected chi connectivity index (χ2v) is 10.3. The number of fused-ring (bicyclic) bond motifs is 2. The Labute approximate surface area is 196 Å². The van der Waals surface area contributed by atoms with Gasteiger partial charge in [0.2, 0.25) is 0 Å². The molecule has 0 unspecified atom stereocenters. The highest BCUT2D eigenvalue weighted by Crippen LogP contribution is 2.53. The Morgan fingerprint density at radius 1 is 1.09 bits per heavy atom. The predicted molar refractivity (Wildman–Crippen MR) is 128 cm³/mol. The fraction of sp³-hybridized carbons (Fsp3) is 0.480. The van der Waals surface area contributed by atoms with E-state index in [4.69, 9.17) is 9.47 Å². The second kappa shape index (κ2) is 9.35. The molecular weight excluding hydrogens is 440 g/mol. The zero-order valence-electron chi connectivity index (χ0n) is 19.5. The van der Waals surface area contributed by atoms with Crippen LogP contribution in [0.3, 0.4) is 0 Å². The molecule has 0 atom stereocenters. The summed E-state index contributed by atoms with van der Waals surface area (Å²) in [5.41, 5.74) is 1.73. The number of carbonyl (C=O) groups excluding carboxylic acids is 1. The van der Waals surface area contributed by atoms with Crippen LogP contribution in [0.15, 0.2) is 41.3 Å². The molecule has 1 spiro atoms. The molecule has 2 aromatic rings. The first kappa shape index (κ1) is 23.6. The first-order chi connectivity index (χ1) is 15.8. The van der Waals surface area contributed by atoms with Gasteiger partial charge in [0.25, 0.3) is 10.0 Å². The zero-order chi connectivity index (χ0) is 23.6. The molecule has 1 saturated carbocycles. The van der Waals surface area contributed by atoms with Crippen LogP contribution in [-0.2, 0) is 26.7 Å². The number of anilines is 1. The van der Waals surface area contributed by atoms with Crippen molar-refractivity contribution in [3.63, 3.8) is 0 Å². The highest BCUT2D eigenvalue weighted by atomic mass is 32.2. The fourth-order valence-electron chi connectivity index (χ4n) is 4.88. The summed E-state index contributed by atoms with van der Waals surface area (Å²) in [5, 5.41) is 0. The maximum absolute atomic E-state index is 13.2. The predicted octanol–water partition coefficient (Wildman–Crippen LogP) is 3.76. The average molecular weight is 473 g/mol. The molecular formula is C25H32N2O5S. The SMILES string of the molecule is CCN(CC)CCOc1cc(NS(=O)(=O)c2ccccc2OC)cc2c1CC(=O)C21CCC1. The van der Waals surface area contributed by atoms with Gasteiger partial charge in [0, 0.05) is 24.6 Å². The lowest BCUT2D eigenvalue weighted by Crippen LogP contribution is -2.39. The summed E-state index contributed by atoms with van der Waals surface area (Å²) in [6.07, 6.45) is 2.96. The molecule has 4 rings (SSSR count). The molecule has 0 heterocycles. The smallest absolute Gasteiger partial charge is 0.265 e. The normalized spacial score (nSPS) is 16.5. The van der Waals surface area contributed by atoms with Crippen LogP contribution < -0.4 is 14.2 Å². The molecule has 2 aliphatic carbocycles. The van der Waals surface area contributed by atoms with Crippen molar-refractivity contribution in [1.82, 2.24) is 4.90 Å². The summed E-state index contributed by atoms with van der Waals surface area (Å²) < 4.78 is 40.4. The minimum absolute atomic E-state index is 0.0615. The summed E-state index contributed by atoms with van der Waals surface area (Å²) in [4.78, 5) is 15.3. The lowest BCUT2D eigenvalue weighted by Gasteiger charge is -2.37. The Hall–Kier alpha value is -2.58. The van der Waals surface area contributed by atoms with Gasteiger partial charge in [0.05, 0.1) is 18.2 Å². The monoisotopic (exact) mass is 472 g/mol. The Morgan fingerprint density at radius 3 is 2.45 bits per heavy atom. The van der Waals surface area contributed by atoms with E-state index >= 15 is 0 Å². The molecule has 2 aliphatic rings. The van der Waals surface area contributed by atoms with E-state index in [0.29, 0.717) is 24.5 Å². The van der Waals surface area contributed by atoms with Crippen LogP contribution in [0, 0.1) is 0 Å². The number of methoxy groups -OCH3 is 1. The molecule has 0 bridgehead atoms. The Bertz CT molecular complexity index is 1140. The summed E-state index contributed by atoms with van der Waals surface area (Å²) >= 11 is 0. The summed E-state index contributed by atoms with van der Waals surface area (Å²) in [6.45, 7) is 7.30. The Balaban J connectivity index is 1.68. The lowest BCUT2D eigenvalue weighted by atomic mass is 9.64. The standard InChI is InChI=1S/C25H32N2O5S/c1-4-27(5-2)13-14-32-22-16-18(15-20-19(22)17-24(28)25(20)11-8-12-25)26-33(29,30)23-10-7-6-9-21(23)31-3/h6-7,9-10,15-16,26H,4-5,8,11-14,17H2,1-3H3. The van der Waals surface area contributed by atoms with Crippen molar-refractivity contribution < 1.29 is 22.7 Å². The van der Waals surface area contributed by atoms with Gasteiger partial charge < -0.3 is 14.4 Å². The number of likely N-dealkylation sites (N-methyl/N-ethyl adjacent to an activating group) is 1. The third-order valence-electron chi connectivity index (χ3n) is 6.97. The Morgan fingerprint density at radius 2 is 1.82 bits per heavy atom. The molecule has 1 N–H and O–H groups in total. The summed E-state index contributed by atoms with van der Waals surface area (Å²) in [6, 6.07) is 10.0. The van der Waals surface area contributed by atoms with Crippen molar-refractivity contribution in [3.8, 4) is 11.5 Å². The number of hydrogen-bond acceptors (Lipinski definition) is 6. The Kier molecular flexibility index (Phi) is 6.68. The van der Waals surface area contributed by atoms with E-state index in [2.05, 4.69) is 23.5 Å². The van der Waals surface area contributed by atoms with Gasteiger partial charge in [-0.05, 0) is 49.7 Å². The van der Waals surface area contributed by atoms with Crippen LogP contribution in [0.4, 0.5) is 5.69 Å². The molecule has 0 radical (unpaired) electrons. The van der Waals surface area contributed by atoms with E-state index in [1.54, 1.807) is 24.3 Å². The molecule has 0 amide bonds. The number of carbonyl (C=O) groups is 1. The number of ketones is 1. The molecule has 2 aromatic carbocycles. The second-order valence-electron chi connectivity index (χ2n) is 8.67. The van der Waals surface area contributed by atoms with E-state index in [9.17, 15) is 13.2 Å². The molecule has 33 heavy (non-hydrogen) atoms. The van der Waals surface area contributed by atoms with Gasteiger partial charge in [-0.1, -0.05) is 32.4 Å². The van der Waals surface area contributed by atoms with E-state index < -0.39 is 15.4 Å². The largest absolute Gasteiger partial charge is 0.495 e. The van der Waals surface area contributed by atoms with Gasteiger partial charge in [-0.3, -0.25) is 9.52 Å². The molecule has 8 heteroatoms. The average Bonchev–Trinajstić information content (AvgIpc) is 3.08. The summed E-state index contributed by atoms with van der Waals surface area (Å²) in [5.74, 6) is 1.07. The van der Waals surface area contributed by atoms with Crippen molar-refractivity contribution in [2.45, 2.75) is 49.8 Å². The van der Waals surface area contributed by atoms with Gasteiger partial charge in [-0.15, -0.1) is 0 Å². The maximum Gasteiger partial charge on any atom is 0.265 e. The number of sulfonamides is 1. The van der Waals surface area contributed by atoms with Crippen LogP contribution in [0.5, 0.6) is 11.5 Å². The van der Waals surface area contributed by atoms with Crippen LogP contribution in [-0.4, -0.2) is 52.5 Å². The molecule has 1 fully saturated rings. The minimum Gasteiger partial charge on any atom is -0.495 e. The number of benzene rings is 2. The number of rotatable bonds is 10. The number of nitrogens with zero attached hydrogens (tertiary/aromatic N) is 1. The van der Waals surface area contributed by atoms with Gasteiger partial charge >= 0.3 is 0 Å². The quantitative estimate of drug-likeness (QED) is 0.567. The number of Topliss-reactive ketones (excluding diaryl/α,β-unsaturated/α-hetero) is 1. The third kappa shape index (κ3) is 4.34. The van der Waals surface area contributed by atoms with Gasteiger partial charge in [0.1, 0.15) is 28.8 Å². The van der Waals surface area contributed by atoms with E-state index in [1.165, 1.54) is 13.2 Å². The summed E-state index contributed by atoms with van der Waals surface area (Å²) in [7, 11) is -2.45. The number of para-hydroxylation sites is 1. The van der Waals surface area contributed by atoms with Gasteiger partial charge in [-0.25, -0.2) is 8.42 Å². The van der Waals surface area contributed by atoms with Gasteiger partial charge in [-0.2, -0.15) is 0 Å². The van der Waals surface area contributed by atoms with Crippen molar-refractivity contribution in [3.05, 3.63) is 47.5 Å². The van der Waals surface area contributed by atoms with Gasteiger partial charge in [0.15, 0.2) is 0 Å². The highest BCUT2D eigenvalue weighted by molar-refractivity contribution is 7.92. The maximum atomic E-state index is 13.2. The van der Waals surface area contributed by atoms with Crippen molar-refractivity contribution in [2.75, 3.05) is 38.1 Å². The van der Waals surface area contributed by atoms with Crippen LogP contribution in [0.25, 0.3) is 0 Å². The molecule has 0 aliphatic heterocycles. The van der Waals surface area contributed by atoms with E-state index in [1.807, 2.05) is 6.07 Å². The number of nitrogens with one attached hydrogen (secondary N) is 1. The fourth-order valence-corrected chi connectivity index (χ4v) is 6.09. The van der Waals surface area contributed by atoms with Crippen molar-refractivity contribution in [1.29, 1.82) is 0 Å². The van der Waals surface area contributed by atoms with Crippen LogP contribution in [0.1, 0.15) is 44.2 Å². The molecule has 7 nitrogen and oxygen atoms in total. The zero-order valence-corrected chi connectivity index (χ0v) is 20.3. The number of hydrogen-bond donors (Lipinski definition) is 1. The molecule has 0 aromatic heterocycles. The third-order valence-corrected chi connectivity index (χ3v) is 8.39. The number of ether oxygens (including phenoxy) is 2. The topological polar surface area (TPSA) is 84.9 Å². The van der Waals surface area contributed by atoms with Crippen molar-refractivity contribution >= 4 is 21.5 Å². The van der Waals surface area contributed by atoms with E-state index in [0.717, 1.165) is 50.0 Å². The lowest BCUT2D eigenvalue weighted by molar-refractivity contribution is -0.125. The first-order valence-corrected chi connectivity index (χ1v) is 13.0. The molecule has 0 saturated heterocycles. The molecule has 178 valence electrons. The van der Waals surface area contributed by atoms with Crippen LogP contribution in [0.2, 0.25) is 0 Å². The highest BCUT2D eigenvalue weighted by Gasteiger charge is 2.51. The van der Waals surface area contributed by atoms with Crippen LogP contribution >= 0.6 is 0 Å². The van der Waals surface area contributed by atoms with E-state index in [-0.39, 0.29) is 16.4 Å².